The van der Waals surface area contributed by atoms with Gasteiger partial charge in [-0.2, -0.15) is 0 Å². The van der Waals surface area contributed by atoms with Crippen molar-refractivity contribution in [2.45, 2.75) is 37.8 Å². The number of sulfonamides is 1. The molecule has 1 N–H and O–H groups in total. The summed E-state index contributed by atoms with van der Waals surface area (Å²) in [5, 5.41) is 3.45. The summed E-state index contributed by atoms with van der Waals surface area (Å²) in [6, 6.07) is 19.0. The minimum atomic E-state index is -4.06. The third-order valence-corrected chi connectivity index (χ3v) is 8.44. The smallest absolute Gasteiger partial charge is 0.264 e. The summed E-state index contributed by atoms with van der Waals surface area (Å²) >= 11 is 12.3. The number of nitrogens with zero attached hydrogens (tertiary/aromatic N) is 2. The normalized spacial score (nSPS) is 14.1. The van der Waals surface area contributed by atoms with Gasteiger partial charge in [-0.1, -0.05) is 65.2 Å². The van der Waals surface area contributed by atoms with Crippen LogP contribution in [-0.2, 0) is 27.9 Å². The van der Waals surface area contributed by atoms with Gasteiger partial charge in [0, 0.05) is 23.1 Å². The molecule has 1 aliphatic rings. The molecule has 0 radical (unpaired) electrons. The second kappa shape index (κ2) is 11.6. The minimum Gasteiger partial charge on any atom is -0.350 e. The van der Waals surface area contributed by atoms with E-state index in [9.17, 15) is 13.2 Å². The molecule has 0 aliphatic carbocycles. The van der Waals surface area contributed by atoms with Gasteiger partial charge in [-0.3, -0.25) is 14.0 Å². The highest BCUT2D eigenvalue weighted by Crippen LogP contribution is 2.29. The van der Waals surface area contributed by atoms with Crippen LogP contribution in [0.15, 0.2) is 71.6 Å². The van der Waals surface area contributed by atoms with Crippen molar-refractivity contribution in [3.05, 3.63) is 93.5 Å². The van der Waals surface area contributed by atoms with Crippen LogP contribution in [0.25, 0.3) is 0 Å². The Labute approximate surface area is 222 Å². The molecule has 0 saturated carbocycles. The number of amides is 1. The molecule has 1 heterocycles. The summed E-state index contributed by atoms with van der Waals surface area (Å²) in [6.07, 6.45) is 2.41. The number of anilines is 1. The Morgan fingerprint density at radius 3 is 2.19 bits per heavy atom. The van der Waals surface area contributed by atoms with Gasteiger partial charge in [0.2, 0.25) is 5.91 Å². The number of nitrogens with one attached hydrogen (secondary N) is 1. The lowest BCUT2D eigenvalue weighted by Crippen LogP contribution is -2.40. The molecule has 1 saturated heterocycles. The van der Waals surface area contributed by atoms with Crippen LogP contribution >= 0.6 is 23.2 Å². The van der Waals surface area contributed by atoms with Gasteiger partial charge >= 0.3 is 0 Å². The van der Waals surface area contributed by atoms with Gasteiger partial charge in [0.05, 0.1) is 10.6 Å². The van der Waals surface area contributed by atoms with E-state index in [2.05, 4.69) is 16.3 Å². The van der Waals surface area contributed by atoms with E-state index in [-0.39, 0.29) is 20.6 Å². The van der Waals surface area contributed by atoms with E-state index >= 15 is 0 Å². The van der Waals surface area contributed by atoms with Crippen molar-refractivity contribution >= 4 is 44.8 Å². The lowest BCUT2D eigenvalue weighted by Gasteiger charge is -2.25. The van der Waals surface area contributed by atoms with Crippen molar-refractivity contribution in [1.29, 1.82) is 0 Å². The van der Waals surface area contributed by atoms with Gasteiger partial charge in [-0.15, -0.1) is 0 Å². The molecule has 3 aromatic rings. The van der Waals surface area contributed by atoms with E-state index in [1.165, 1.54) is 43.2 Å². The van der Waals surface area contributed by atoms with Gasteiger partial charge in [-0.25, -0.2) is 8.42 Å². The van der Waals surface area contributed by atoms with Gasteiger partial charge in [0.15, 0.2) is 0 Å². The lowest BCUT2D eigenvalue weighted by molar-refractivity contribution is -0.119. The number of carbonyl (C=O) groups is 1. The Bertz CT molecular complexity index is 1300. The summed E-state index contributed by atoms with van der Waals surface area (Å²) in [7, 11) is -4.06. The van der Waals surface area contributed by atoms with Crippen molar-refractivity contribution in [2.75, 3.05) is 23.9 Å². The van der Waals surface area contributed by atoms with Gasteiger partial charge < -0.3 is 5.32 Å². The van der Waals surface area contributed by atoms with Crippen LogP contribution in [0.5, 0.6) is 0 Å². The largest absolute Gasteiger partial charge is 0.350 e. The van der Waals surface area contributed by atoms with Gasteiger partial charge in [0.25, 0.3) is 10.0 Å². The first-order valence-electron chi connectivity index (χ1n) is 11.8. The first-order chi connectivity index (χ1) is 17.2. The monoisotopic (exact) mass is 545 g/mol. The maximum Gasteiger partial charge on any atom is 0.264 e. The SMILES string of the molecule is Cc1ccc(S(=O)(=O)N(CC(=O)NCc2ccccc2CN2CCCC2)c2cc(Cl)cc(Cl)c2)cc1. The molecule has 1 fully saturated rings. The number of carbonyl (C=O) groups excluding carboxylic acids is 1. The van der Waals surface area contributed by atoms with Crippen LogP contribution in [0.4, 0.5) is 5.69 Å². The maximum absolute atomic E-state index is 13.6. The third-order valence-electron chi connectivity index (χ3n) is 6.22. The number of hydrogen-bond acceptors (Lipinski definition) is 4. The second-order valence-corrected chi connectivity index (χ2v) is 11.7. The minimum absolute atomic E-state index is 0.0768. The van der Waals surface area contributed by atoms with Crippen molar-refractivity contribution in [3.8, 4) is 0 Å². The van der Waals surface area contributed by atoms with E-state index in [1.54, 1.807) is 12.1 Å². The summed E-state index contributed by atoms with van der Waals surface area (Å²) in [5.74, 6) is -0.433. The quantitative estimate of drug-likeness (QED) is 0.390. The molecule has 6 nitrogen and oxygen atoms in total. The highest BCUT2D eigenvalue weighted by Gasteiger charge is 2.28. The van der Waals surface area contributed by atoms with Crippen LogP contribution in [0.1, 0.15) is 29.5 Å². The number of aryl methyl sites for hydroxylation is 1. The predicted octanol–water partition coefficient (Wildman–Crippen LogP) is 5.41. The maximum atomic E-state index is 13.6. The molecule has 0 spiro atoms. The van der Waals surface area contributed by atoms with E-state index in [0.717, 1.165) is 40.6 Å². The Hall–Kier alpha value is -2.58. The van der Waals surface area contributed by atoms with Crippen LogP contribution in [0, 0.1) is 6.92 Å². The summed E-state index contributed by atoms with van der Waals surface area (Å²) < 4.78 is 28.2. The third kappa shape index (κ3) is 6.59. The predicted molar refractivity (Wildman–Crippen MR) is 145 cm³/mol. The van der Waals surface area contributed by atoms with E-state index in [1.807, 2.05) is 25.1 Å². The van der Waals surface area contributed by atoms with Crippen molar-refractivity contribution in [1.82, 2.24) is 10.2 Å². The molecule has 36 heavy (non-hydrogen) atoms. The molecular weight excluding hydrogens is 517 g/mol. The number of hydrogen-bond donors (Lipinski definition) is 1. The number of benzene rings is 3. The molecule has 0 unspecified atom stereocenters. The molecular formula is C27H29Cl2N3O3S. The average Bonchev–Trinajstić information content (AvgIpc) is 3.34. The summed E-state index contributed by atoms with van der Waals surface area (Å²) in [6.45, 7) is 4.75. The van der Waals surface area contributed by atoms with Crippen LogP contribution in [-0.4, -0.2) is 38.9 Å². The molecule has 1 aliphatic heterocycles. The van der Waals surface area contributed by atoms with Gasteiger partial charge in [-0.05, 0) is 74.3 Å². The van der Waals surface area contributed by atoms with E-state index in [4.69, 9.17) is 23.2 Å². The average molecular weight is 547 g/mol. The molecule has 190 valence electrons. The Morgan fingerprint density at radius 2 is 1.56 bits per heavy atom. The first-order valence-corrected chi connectivity index (χ1v) is 14.0. The fraction of sp³-hybridized carbons (Fsp3) is 0.296. The van der Waals surface area contributed by atoms with Crippen LogP contribution < -0.4 is 9.62 Å². The molecule has 9 heteroatoms. The molecule has 0 aromatic heterocycles. The van der Waals surface area contributed by atoms with Crippen molar-refractivity contribution in [2.24, 2.45) is 0 Å². The highest BCUT2D eigenvalue weighted by molar-refractivity contribution is 7.92. The highest BCUT2D eigenvalue weighted by atomic mass is 35.5. The Balaban J connectivity index is 1.55. The van der Waals surface area contributed by atoms with Gasteiger partial charge in [0.1, 0.15) is 6.54 Å². The molecule has 3 aromatic carbocycles. The zero-order valence-corrected chi connectivity index (χ0v) is 22.4. The fourth-order valence-corrected chi connectivity index (χ4v) is 6.20. The summed E-state index contributed by atoms with van der Waals surface area (Å²) in [5.41, 5.74) is 3.32. The zero-order valence-electron chi connectivity index (χ0n) is 20.1. The number of likely N-dealkylation sites (tertiary alicyclic amines) is 1. The Kier molecular flexibility index (Phi) is 8.57. The van der Waals surface area contributed by atoms with Crippen LogP contribution in [0.3, 0.4) is 0 Å². The number of rotatable bonds is 9. The van der Waals surface area contributed by atoms with Crippen LogP contribution in [0.2, 0.25) is 10.0 Å². The molecule has 0 atom stereocenters. The lowest BCUT2D eigenvalue weighted by atomic mass is 10.1. The number of halogens is 2. The van der Waals surface area contributed by atoms with Crippen molar-refractivity contribution in [3.63, 3.8) is 0 Å². The van der Waals surface area contributed by atoms with E-state index < -0.39 is 22.5 Å². The fourth-order valence-electron chi connectivity index (χ4n) is 4.28. The molecule has 1 amide bonds. The van der Waals surface area contributed by atoms with Crippen molar-refractivity contribution < 1.29 is 13.2 Å². The zero-order chi connectivity index (χ0) is 25.7. The first kappa shape index (κ1) is 26.5. The second-order valence-electron chi connectivity index (χ2n) is 8.98. The molecule has 0 bridgehead atoms. The standard InChI is InChI=1S/C27H29Cl2N3O3S/c1-20-8-10-26(11-9-20)36(34,35)32(25-15-23(28)14-24(29)16-25)19-27(33)30-17-21-6-2-3-7-22(21)18-31-12-4-5-13-31/h2-3,6-11,14-16H,4-5,12-13,17-19H2,1H3,(H,30,33). The molecule has 4 rings (SSSR count). The van der Waals surface area contributed by atoms with E-state index in [0.29, 0.717) is 6.54 Å². The summed E-state index contributed by atoms with van der Waals surface area (Å²) in [4.78, 5) is 15.5. The Morgan fingerprint density at radius 1 is 0.944 bits per heavy atom. The topological polar surface area (TPSA) is 69.7 Å².